The van der Waals surface area contributed by atoms with Crippen molar-refractivity contribution in [2.24, 2.45) is 0 Å². The highest BCUT2D eigenvalue weighted by molar-refractivity contribution is 7.80. The van der Waals surface area contributed by atoms with E-state index in [4.69, 9.17) is 21.7 Å². The Hall–Kier alpha value is -3.64. The molecular formula is C24H22N2O3S. The first-order chi connectivity index (χ1) is 14.6. The zero-order valence-corrected chi connectivity index (χ0v) is 17.3. The number of nitrogens with one attached hydrogen (secondary N) is 2. The molecular weight excluding hydrogens is 396 g/mol. The van der Waals surface area contributed by atoms with Crippen LogP contribution in [0, 0.1) is 0 Å². The number of anilines is 1. The van der Waals surface area contributed by atoms with Gasteiger partial charge < -0.3 is 14.8 Å². The highest BCUT2D eigenvalue weighted by Crippen LogP contribution is 2.19. The highest BCUT2D eigenvalue weighted by Gasteiger charge is 2.04. The molecule has 2 N–H and O–H groups in total. The number of carbonyl (C=O) groups is 1. The molecule has 0 aliphatic heterocycles. The molecule has 6 heteroatoms. The van der Waals surface area contributed by atoms with E-state index >= 15 is 0 Å². The van der Waals surface area contributed by atoms with Crippen LogP contribution in [0.15, 0.2) is 84.9 Å². The van der Waals surface area contributed by atoms with Gasteiger partial charge in [0.1, 0.15) is 18.1 Å². The van der Waals surface area contributed by atoms with Gasteiger partial charge in [-0.05, 0) is 54.2 Å². The molecule has 0 atom stereocenters. The summed E-state index contributed by atoms with van der Waals surface area (Å²) in [5.41, 5.74) is 2.66. The number of para-hydroxylation sites is 1. The first-order valence-corrected chi connectivity index (χ1v) is 9.75. The summed E-state index contributed by atoms with van der Waals surface area (Å²) in [7, 11) is 1.59. The highest BCUT2D eigenvalue weighted by atomic mass is 32.1. The summed E-state index contributed by atoms with van der Waals surface area (Å²) in [4.78, 5) is 12.1. The predicted molar refractivity (Wildman–Crippen MR) is 124 cm³/mol. The summed E-state index contributed by atoms with van der Waals surface area (Å²) in [5, 5.41) is 5.81. The molecule has 0 aliphatic rings. The van der Waals surface area contributed by atoms with Crippen LogP contribution in [0.5, 0.6) is 11.5 Å². The lowest BCUT2D eigenvalue weighted by Crippen LogP contribution is -2.32. The molecule has 0 radical (unpaired) electrons. The van der Waals surface area contributed by atoms with Crippen molar-refractivity contribution in [3.63, 3.8) is 0 Å². The Morgan fingerprint density at radius 2 is 1.67 bits per heavy atom. The van der Waals surface area contributed by atoms with Crippen LogP contribution < -0.4 is 20.1 Å². The largest absolute Gasteiger partial charge is 0.496 e. The second-order valence-electron chi connectivity index (χ2n) is 6.32. The van der Waals surface area contributed by atoms with Gasteiger partial charge in [-0.1, -0.05) is 48.5 Å². The number of ether oxygens (including phenoxy) is 2. The molecule has 0 fully saturated rings. The number of rotatable bonds is 7. The Morgan fingerprint density at radius 1 is 0.967 bits per heavy atom. The summed E-state index contributed by atoms with van der Waals surface area (Å²) in [6, 6.07) is 24.8. The minimum Gasteiger partial charge on any atom is -0.496 e. The van der Waals surface area contributed by atoms with E-state index in [9.17, 15) is 4.79 Å². The molecule has 0 bridgehead atoms. The monoisotopic (exact) mass is 418 g/mol. The second-order valence-corrected chi connectivity index (χ2v) is 6.73. The Morgan fingerprint density at radius 3 is 2.40 bits per heavy atom. The molecule has 0 heterocycles. The maximum Gasteiger partial charge on any atom is 0.250 e. The number of carbonyl (C=O) groups excluding carboxylic acids is 1. The van der Waals surface area contributed by atoms with Gasteiger partial charge in [0.05, 0.1) is 7.11 Å². The lowest BCUT2D eigenvalue weighted by molar-refractivity contribution is -0.115. The van der Waals surface area contributed by atoms with E-state index in [2.05, 4.69) is 10.6 Å². The smallest absolute Gasteiger partial charge is 0.250 e. The van der Waals surface area contributed by atoms with Gasteiger partial charge in [0, 0.05) is 17.3 Å². The second kappa shape index (κ2) is 10.8. The van der Waals surface area contributed by atoms with Crippen molar-refractivity contribution >= 4 is 35.0 Å². The fraction of sp³-hybridized carbons (Fsp3) is 0.0833. The lowest BCUT2D eigenvalue weighted by atomic mass is 10.2. The molecule has 3 aromatic carbocycles. The number of amides is 1. The Kier molecular flexibility index (Phi) is 7.58. The van der Waals surface area contributed by atoms with Gasteiger partial charge in [-0.2, -0.15) is 0 Å². The standard InChI is InChI=1S/C24H22N2O3S/c1-28-22-10-6-5-9-19(22)11-16-23(27)26-24(30)25-20-12-14-21(15-13-20)29-17-18-7-3-2-4-8-18/h2-16H,17H2,1H3,(H2,25,26,27,30). The number of hydrogen-bond acceptors (Lipinski definition) is 4. The van der Waals surface area contributed by atoms with Crippen LogP contribution in [0.3, 0.4) is 0 Å². The van der Waals surface area contributed by atoms with Crippen molar-refractivity contribution in [1.29, 1.82) is 0 Å². The average molecular weight is 419 g/mol. The third kappa shape index (κ3) is 6.46. The van der Waals surface area contributed by atoms with Crippen molar-refractivity contribution in [3.8, 4) is 11.5 Å². The molecule has 152 valence electrons. The van der Waals surface area contributed by atoms with Crippen LogP contribution in [-0.2, 0) is 11.4 Å². The van der Waals surface area contributed by atoms with Gasteiger partial charge in [-0.25, -0.2) is 0 Å². The first-order valence-electron chi connectivity index (χ1n) is 9.34. The normalized spacial score (nSPS) is 10.4. The summed E-state index contributed by atoms with van der Waals surface area (Å²) in [5.74, 6) is 1.11. The van der Waals surface area contributed by atoms with Crippen molar-refractivity contribution in [2.45, 2.75) is 6.61 Å². The fourth-order valence-electron chi connectivity index (χ4n) is 2.66. The van der Waals surface area contributed by atoms with Gasteiger partial charge in [-0.15, -0.1) is 0 Å². The van der Waals surface area contributed by atoms with Crippen molar-refractivity contribution in [2.75, 3.05) is 12.4 Å². The molecule has 30 heavy (non-hydrogen) atoms. The Balaban J connectivity index is 1.48. The molecule has 0 saturated heterocycles. The van der Waals surface area contributed by atoms with Gasteiger partial charge in [0.2, 0.25) is 5.91 Å². The van der Waals surface area contributed by atoms with E-state index < -0.39 is 0 Å². The molecule has 0 saturated carbocycles. The topological polar surface area (TPSA) is 59.6 Å². The molecule has 0 spiro atoms. The van der Waals surface area contributed by atoms with Gasteiger partial charge in [0.15, 0.2) is 5.11 Å². The minimum absolute atomic E-state index is 0.211. The SMILES string of the molecule is COc1ccccc1C=CC(=O)NC(=S)Nc1ccc(OCc2ccccc2)cc1. The quantitative estimate of drug-likeness (QED) is 0.426. The third-order valence-corrected chi connectivity index (χ3v) is 4.35. The van der Waals surface area contributed by atoms with Crippen molar-refractivity contribution in [1.82, 2.24) is 5.32 Å². The first kappa shape index (κ1) is 21.1. The maximum absolute atomic E-state index is 12.1. The summed E-state index contributed by atoms with van der Waals surface area (Å²) < 4.78 is 11.0. The number of benzene rings is 3. The Labute approximate surface area is 181 Å². The van der Waals surface area contributed by atoms with E-state index in [1.165, 1.54) is 6.08 Å². The van der Waals surface area contributed by atoms with Gasteiger partial charge in [0.25, 0.3) is 0 Å². The molecule has 0 aromatic heterocycles. The van der Waals surface area contributed by atoms with E-state index in [1.807, 2.05) is 78.9 Å². The van der Waals surface area contributed by atoms with Crippen LogP contribution in [0.25, 0.3) is 6.08 Å². The molecule has 3 aromatic rings. The minimum atomic E-state index is -0.332. The Bertz CT molecular complexity index is 1020. The summed E-state index contributed by atoms with van der Waals surface area (Å²) in [6.07, 6.45) is 3.09. The predicted octanol–water partition coefficient (Wildman–Crippen LogP) is 4.80. The third-order valence-electron chi connectivity index (χ3n) is 4.15. The summed E-state index contributed by atoms with van der Waals surface area (Å²) >= 11 is 5.21. The average Bonchev–Trinajstić information content (AvgIpc) is 2.78. The van der Waals surface area contributed by atoms with Crippen molar-refractivity contribution < 1.29 is 14.3 Å². The van der Waals surface area contributed by atoms with Gasteiger partial charge >= 0.3 is 0 Å². The zero-order chi connectivity index (χ0) is 21.2. The molecule has 0 aliphatic carbocycles. The molecule has 0 unspecified atom stereocenters. The van der Waals surface area contributed by atoms with E-state index in [0.29, 0.717) is 12.4 Å². The van der Waals surface area contributed by atoms with E-state index in [0.717, 1.165) is 22.6 Å². The van der Waals surface area contributed by atoms with Crippen LogP contribution in [0.4, 0.5) is 5.69 Å². The van der Waals surface area contributed by atoms with E-state index in [1.54, 1.807) is 13.2 Å². The molecule has 5 nitrogen and oxygen atoms in total. The van der Waals surface area contributed by atoms with Crippen LogP contribution >= 0.6 is 12.2 Å². The molecule has 3 rings (SSSR count). The van der Waals surface area contributed by atoms with Crippen LogP contribution in [0.1, 0.15) is 11.1 Å². The van der Waals surface area contributed by atoms with Crippen LogP contribution in [0.2, 0.25) is 0 Å². The fourth-order valence-corrected chi connectivity index (χ4v) is 2.88. The maximum atomic E-state index is 12.1. The zero-order valence-electron chi connectivity index (χ0n) is 16.5. The molecule has 1 amide bonds. The number of thiocarbonyl (C=S) groups is 1. The van der Waals surface area contributed by atoms with Gasteiger partial charge in [-0.3, -0.25) is 10.1 Å². The van der Waals surface area contributed by atoms with Crippen molar-refractivity contribution in [3.05, 3.63) is 96.1 Å². The number of hydrogen-bond donors (Lipinski definition) is 2. The summed E-state index contributed by atoms with van der Waals surface area (Å²) in [6.45, 7) is 0.501. The van der Waals surface area contributed by atoms with Crippen LogP contribution in [-0.4, -0.2) is 18.1 Å². The lowest BCUT2D eigenvalue weighted by Gasteiger charge is -2.10. The number of methoxy groups -OCH3 is 1. The van der Waals surface area contributed by atoms with E-state index in [-0.39, 0.29) is 11.0 Å².